The minimum atomic E-state index is -0.439. The summed E-state index contributed by atoms with van der Waals surface area (Å²) in [6, 6.07) is 13.8. The molecule has 2 N–H and O–H groups in total. The van der Waals surface area contributed by atoms with Gasteiger partial charge >= 0.3 is 0 Å². The van der Waals surface area contributed by atoms with Gasteiger partial charge in [-0.1, -0.05) is 49.9 Å². The number of carbonyl (C=O) groups is 1. The summed E-state index contributed by atoms with van der Waals surface area (Å²) in [6.07, 6.45) is 11.5. The molecule has 5 nitrogen and oxygen atoms in total. The second-order valence-corrected chi connectivity index (χ2v) is 9.76. The molecule has 2 aliphatic rings. The molecule has 2 fully saturated rings. The number of aromatic hydroxyl groups is 1. The predicted octanol–water partition coefficient (Wildman–Crippen LogP) is 5.34. The van der Waals surface area contributed by atoms with E-state index in [1.165, 1.54) is 23.8 Å². The molecule has 168 valence electrons. The van der Waals surface area contributed by atoms with E-state index < -0.39 is 5.41 Å². The number of likely N-dealkylation sites (tertiary alicyclic amines) is 1. The molecule has 0 bridgehead atoms. The number of carbonyl (C=O) groups excluding carboxylic acids is 1. The minimum Gasteiger partial charge on any atom is -0.508 e. The molecule has 32 heavy (non-hydrogen) atoms. The van der Waals surface area contributed by atoms with Crippen LogP contribution in [0.25, 0.3) is 10.9 Å². The average Bonchev–Trinajstić information content (AvgIpc) is 3.19. The molecule has 0 radical (unpaired) electrons. The Labute approximate surface area is 189 Å². The Morgan fingerprint density at radius 2 is 1.88 bits per heavy atom. The van der Waals surface area contributed by atoms with Crippen molar-refractivity contribution in [2.45, 2.75) is 63.2 Å². The monoisotopic (exact) mass is 431 g/mol. The number of amides is 1. The number of phenols is 1. The van der Waals surface area contributed by atoms with E-state index in [0.717, 1.165) is 69.1 Å². The van der Waals surface area contributed by atoms with Gasteiger partial charge < -0.3 is 10.0 Å². The number of hydrogen-bond donors (Lipinski definition) is 2. The van der Waals surface area contributed by atoms with E-state index >= 15 is 0 Å². The third-order valence-electron chi connectivity index (χ3n) is 7.68. The molecule has 5 heteroatoms. The first-order chi connectivity index (χ1) is 15.7. The van der Waals surface area contributed by atoms with Gasteiger partial charge in [-0.05, 0) is 67.3 Å². The molecule has 3 aromatic rings. The van der Waals surface area contributed by atoms with Crippen LogP contribution in [0.2, 0.25) is 0 Å². The van der Waals surface area contributed by atoms with Crippen LogP contribution in [-0.2, 0) is 16.6 Å². The van der Waals surface area contributed by atoms with Gasteiger partial charge in [0.15, 0.2) is 0 Å². The first-order valence-electron chi connectivity index (χ1n) is 12.2. The molecular weight excluding hydrogens is 398 g/mol. The summed E-state index contributed by atoms with van der Waals surface area (Å²) in [7, 11) is 0. The second kappa shape index (κ2) is 8.97. The van der Waals surface area contributed by atoms with Crippen LogP contribution in [0.1, 0.15) is 62.5 Å². The lowest BCUT2D eigenvalue weighted by Crippen LogP contribution is -2.49. The number of benzene rings is 2. The maximum Gasteiger partial charge on any atom is 0.233 e. The SMILES string of the molecule is O=C(N1CCCCC(Cc2cccc3[nH]ncc23)C1)C1(c2ccc(O)cc2)CCCCC1. The highest BCUT2D eigenvalue weighted by Gasteiger charge is 2.44. The molecule has 5 rings (SSSR count). The maximum atomic E-state index is 14.1. The normalized spacial score (nSPS) is 21.4. The zero-order valence-corrected chi connectivity index (χ0v) is 18.7. The van der Waals surface area contributed by atoms with Gasteiger partial charge in [-0.15, -0.1) is 0 Å². The minimum absolute atomic E-state index is 0.260. The smallest absolute Gasteiger partial charge is 0.233 e. The number of fused-ring (bicyclic) bond motifs is 1. The number of aromatic nitrogens is 2. The van der Waals surface area contributed by atoms with Crippen LogP contribution in [0, 0.1) is 5.92 Å². The first-order valence-corrected chi connectivity index (χ1v) is 12.2. The van der Waals surface area contributed by atoms with Crippen molar-refractivity contribution in [3.8, 4) is 5.75 Å². The number of H-pyrrole nitrogens is 1. The Morgan fingerprint density at radius 3 is 2.69 bits per heavy atom. The van der Waals surface area contributed by atoms with Crippen molar-refractivity contribution in [2.24, 2.45) is 5.92 Å². The van der Waals surface area contributed by atoms with E-state index in [0.29, 0.717) is 11.8 Å². The summed E-state index contributed by atoms with van der Waals surface area (Å²) in [5.74, 6) is 1.02. The van der Waals surface area contributed by atoms with Gasteiger partial charge in [0.2, 0.25) is 5.91 Å². The van der Waals surface area contributed by atoms with E-state index in [4.69, 9.17) is 0 Å². The predicted molar refractivity (Wildman–Crippen MR) is 127 cm³/mol. The Kier molecular flexibility index (Phi) is 5.90. The maximum absolute atomic E-state index is 14.1. The molecule has 1 saturated carbocycles. The third kappa shape index (κ3) is 4.01. The molecular formula is C27H33N3O2. The zero-order valence-electron chi connectivity index (χ0n) is 18.7. The standard InChI is InChI=1S/C27H33N3O2/c31-23-12-10-22(11-13-23)27(14-3-1-4-15-27)26(32)30-16-5-2-7-20(19-30)17-21-8-6-9-25-24(21)18-28-29-25/h6,8-13,18,20,31H,1-5,7,14-17,19H2,(H,28,29). The lowest BCUT2D eigenvalue weighted by Gasteiger charge is -2.41. The molecule has 1 amide bonds. The Bertz CT molecular complexity index is 1070. The zero-order chi connectivity index (χ0) is 22.0. The number of phenolic OH excluding ortho intramolecular Hbond substituents is 1. The van der Waals surface area contributed by atoms with Crippen molar-refractivity contribution < 1.29 is 9.90 Å². The summed E-state index contributed by atoms with van der Waals surface area (Å²) in [5.41, 5.74) is 3.04. The summed E-state index contributed by atoms with van der Waals surface area (Å²) < 4.78 is 0. The van der Waals surface area contributed by atoms with E-state index in [1.807, 2.05) is 18.3 Å². The Hall–Kier alpha value is -2.82. The number of nitrogens with zero attached hydrogens (tertiary/aromatic N) is 2. The molecule has 0 spiro atoms. The van der Waals surface area contributed by atoms with Crippen LogP contribution >= 0.6 is 0 Å². The van der Waals surface area contributed by atoms with Crippen LogP contribution in [0.15, 0.2) is 48.7 Å². The van der Waals surface area contributed by atoms with Gasteiger partial charge in [0.05, 0.1) is 17.1 Å². The van der Waals surface area contributed by atoms with Gasteiger partial charge in [-0.25, -0.2) is 0 Å². The van der Waals surface area contributed by atoms with E-state index in [2.05, 4.69) is 33.3 Å². The number of aromatic amines is 1. The average molecular weight is 432 g/mol. The molecule has 2 aromatic carbocycles. The van der Waals surface area contributed by atoms with E-state index in [1.54, 1.807) is 12.1 Å². The Balaban J connectivity index is 1.40. The molecule has 1 aromatic heterocycles. The molecule has 1 atom stereocenters. The van der Waals surface area contributed by atoms with Crippen molar-refractivity contribution in [1.82, 2.24) is 15.1 Å². The highest BCUT2D eigenvalue weighted by Crippen LogP contribution is 2.42. The van der Waals surface area contributed by atoms with Crippen molar-refractivity contribution in [1.29, 1.82) is 0 Å². The molecule has 2 heterocycles. The van der Waals surface area contributed by atoms with Gasteiger partial charge in [-0.2, -0.15) is 5.10 Å². The lowest BCUT2D eigenvalue weighted by atomic mass is 9.68. The van der Waals surface area contributed by atoms with Crippen molar-refractivity contribution >= 4 is 16.8 Å². The Morgan fingerprint density at radius 1 is 1.06 bits per heavy atom. The van der Waals surface area contributed by atoms with Crippen LogP contribution in [0.3, 0.4) is 0 Å². The number of nitrogens with one attached hydrogen (secondary N) is 1. The summed E-state index contributed by atoms with van der Waals surface area (Å²) in [6.45, 7) is 1.68. The second-order valence-electron chi connectivity index (χ2n) is 9.76. The fourth-order valence-corrected chi connectivity index (χ4v) is 5.96. The van der Waals surface area contributed by atoms with Crippen molar-refractivity contribution in [2.75, 3.05) is 13.1 Å². The highest BCUT2D eigenvalue weighted by molar-refractivity contribution is 5.88. The summed E-state index contributed by atoms with van der Waals surface area (Å²) in [4.78, 5) is 16.3. The molecule has 1 unspecified atom stereocenters. The van der Waals surface area contributed by atoms with E-state index in [-0.39, 0.29) is 5.75 Å². The summed E-state index contributed by atoms with van der Waals surface area (Å²) >= 11 is 0. The largest absolute Gasteiger partial charge is 0.508 e. The molecule has 1 aliphatic heterocycles. The van der Waals surface area contributed by atoms with Crippen molar-refractivity contribution in [3.05, 3.63) is 59.8 Å². The van der Waals surface area contributed by atoms with Gasteiger partial charge in [0, 0.05) is 18.5 Å². The quantitative estimate of drug-likeness (QED) is 0.586. The fourth-order valence-electron chi connectivity index (χ4n) is 5.96. The van der Waals surface area contributed by atoms with Gasteiger partial charge in [0.1, 0.15) is 5.75 Å². The van der Waals surface area contributed by atoms with E-state index in [9.17, 15) is 9.90 Å². The van der Waals surface area contributed by atoms with Crippen LogP contribution in [0.4, 0.5) is 0 Å². The third-order valence-corrected chi connectivity index (χ3v) is 7.68. The highest BCUT2D eigenvalue weighted by atomic mass is 16.3. The first kappa shape index (κ1) is 21.0. The summed E-state index contributed by atoms with van der Waals surface area (Å²) in [5, 5.41) is 18.3. The van der Waals surface area contributed by atoms with Crippen LogP contribution in [-0.4, -0.2) is 39.2 Å². The molecule has 1 saturated heterocycles. The topological polar surface area (TPSA) is 69.2 Å². The lowest BCUT2D eigenvalue weighted by molar-refractivity contribution is -0.139. The molecule has 1 aliphatic carbocycles. The van der Waals surface area contributed by atoms with Crippen LogP contribution in [0.5, 0.6) is 5.75 Å². The fraction of sp³-hybridized carbons (Fsp3) is 0.481. The number of rotatable bonds is 4. The van der Waals surface area contributed by atoms with Gasteiger partial charge in [0.25, 0.3) is 0 Å². The van der Waals surface area contributed by atoms with Crippen molar-refractivity contribution in [3.63, 3.8) is 0 Å². The number of hydrogen-bond acceptors (Lipinski definition) is 3. The van der Waals surface area contributed by atoms with Gasteiger partial charge in [-0.3, -0.25) is 9.89 Å². The van der Waals surface area contributed by atoms with Crippen LogP contribution < -0.4 is 0 Å².